The van der Waals surface area contributed by atoms with E-state index >= 15 is 0 Å². The van der Waals surface area contributed by atoms with E-state index in [1.54, 1.807) is 0 Å². The average molecular weight is 434 g/mol. The lowest BCUT2D eigenvalue weighted by molar-refractivity contribution is -0.00154. The fourth-order valence-electron chi connectivity index (χ4n) is 4.37. The predicted molar refractivity (Wildman–Crippen MR) is 102 cm³/mol. The van der Waals surface area contributed by atoms with Gasteiger partial charge in [-0.25, -0.2) is 8.78 Å². The number of ether oxygens (including phenoxy) is 2. The zero-order valence-corrected chi connectivity index (χ0v) is 17.0. The van der Waals surface area contributed by atoms with Crippen LogP contribution in [-0.4, -0.2) is 36.1 Å². The molecule has 0 radical (unpaired) electrons. The van der Waals surface area contributed by atoms with Crippen molar-refractivity contribution in [2.75, 3.05) is 19.8 Å². The summed E-state index contributed by atoms with van der Waals surface area (Å²) >= 11 is 0. The Balaban J connectivity index is 1.60. The minimum atomic E-state index is -1.54. The molecule has 30 heavy (non-hydrogen) atoms. The maximum absolute atomic E-state index is 14.4. The number of hydrogen-bond donors (Lipinski definition) is 2. The first-order chi connectivity index (χ1) is 14.4. The second-order valence-corrected chi connectivity index (χ2v) is 8.58. The number of halogens is 4. The molecule has 0 aliphatic heterocycles. The molecule has 4 nitrogen and oxygen atoms in total. The molecule has 3 rings (SSSR count). The minimum Gasteiger partial charge on any atom is -0.487 e. The van der Waals surface area contributed by atoms with Crippen LogP contribution in [0.15, 0.2) is 0 Å². The van der Waals surface area contributed by atoms with Gasteiger partial charge in [0.05, 0.1) is 24.9 Å². The van der Waals surface area contributed by atoms with Crippen molar-refractivity contribution >= 4 is 0 Å². The molecule has 2 fully saturated rings. The molecule has 170 valence electrons. The fraction of sp³-hybridized carbons (Fsp3) is 0.727. The molecular formula is C22H30F4O4. The van der Waals surface area contributed by atoms with Gasteiger partial charge in [0.2, 0.25) is 11.6 Å². The Hall–Kier alpha value is -1.38. The van der Waals surface area contributed by atoms with Crippen molar-refractivity contribution in [3.8, 4) is 5.75 Å². The molecule has 1 aromatic rings. The van der Waals surface area contributed by atoms with E-state index in [2.05, 4.69) is 0 Å². The van der Waals surface area contributed by atoms with Gasteiger partial charge in [0.15, 0.2) is 17.4 Å². The largest absolute Gasteiger partial charge is 0.487 e. The molecule has 0 spiro atoms. The van der Waals surface area contributed by atoms with Crippen molar-refractivity contribution in [2.24, 2.45) is 17.8 Å². The van der Waals surface area contributed by atoms with Gasteiger partial charge in [0.1, 0.15) is 0 Å². The quantitative estimate of drug-likeness (QED) is 0.468. The summed E-state index contributed by atoms with van der Waals surface area (Å²) < 4.78 is 68.3. The van der Waals surface area contributed by atoms with Gasteiger partial charge >= 0.3 is 0 Å². The van der Waals surface area contributed by atoms with Crippen LogP contribution in [0, 0.1) is 41.0 Å². The fourth-order valence-corrected chi connectivity index (χ4v) is 4.37. The summed E-state index contributed by atoms with van der Waals surface area (Å²) in [6, 6.07) is 0. The predicted octanol–water partition coefficient (Wildman–Crippen LogP) is 4.49. The first-order valence-corrected chi connectivity index (χ1v) is 10.7. The van der Waals surface area contributed by atoms with Crippen LogP contribution >= 0.6 is 0 Å². The van der Waals surface area contributed by atoms with Crippen molar-refractivity contribution in [1.29, 1.82) is 0 Å². The smallest absolute Gasteiger partial charge is 0.204 e. The van der Waals surface area contributed by atoms with Gasteiger partial charge in [-0.2, -0.15) is 8.78 Å². The van der Waals surface area contributed by atoms with Crippen LogP contribution in [0.5, 0.6) is 5.75 Å². The van der Waals surface area contributed by atoms with Gasteiger partial charge in [-0.15, -0.1) is 0 Å². The molecular weight excluding hydrogens is 404 g/mol. The van der Waals surface area contributed by atoms with Crippen LogP contribution in [0.25, 0.3) is 0 Å². The van der Waals surface area contributed by atoms with Crippen LogP contribution in [-0.2, 0) is 11.3 Å². The van der Waals surface area contributed by atoms with E-state index in [0.717, 1.165) is 38.5 Å². The lowest BCUT2D eigenvalue weighted by Gasteiger charge is -2.28. The van der Waals surface area contributed by atoms with E-state index in [0.29, 0.717) is 12.8 Å². The van der Waals surface area contributed by atoms with Gasteiger partial charge in [-0.05, 0) is 69.1 Å². The second kappa shape index (κ2) is 10.8. The van der Waals surface area contributed by atoms with E-state index in [9.17, 15) is 17.6 Å². The van der Waals surface area contributed by atoms with Crippen LogP contribution < -0.4 is 4.74 Å². The van der Waals surface area contributed by atoms with Crippen LogP contribution in [0.1, 0.15) is 56.9 Å². The Morgan fingerprint density at radius 1 is 0.667 bits per heavy atom. The zero-order valence-electron chi connectivity index (χ0n) is 17.0. The number of aliphatic hydroxyl groups is 2. The van der Waals surface area contributed by atoms with E-state index < -0.39 is 41.2 Å². The third-order valence-corrected chi connectivity index (χ3v) is 6.52. The maximum Gasteiger partial charge on any atom is 0.204 e. The molecule has 8 heteroatoms. The molecule has 0 heterocycles. The highest BCUT2D eigenvalue weighted by Crippen LogP contribution is 2.34. The van der Waals surface area contributed by atoms with Crippen molar-refractivity contribution in [3.05, 3.63) is 28.8 Å². The molecule has 0 unspecified atom stereocenters. The van der Waals surface area contributed by atoms with Crippen molar-refractivity contribution in [1.82, 2.24) is 0 Å². The van der Waals surface area contributed by atoms with Crippen LogP contribution in [0.3, 0.4) is 0 Å². The molecule has 0 atom stereocenters. The van der Waals surface area contributed by atoms with Crippen molar-refractivity contribution in [2.45, 2.75) is 64.1 Å². The summed E-state index contributed by atoms with van der Waals surface area (Å²) in [6.07, 6.45) is 5.49. The Labute approximate surface area is 174 Å². The third kappa shape index (κ3) is 5.45. The first-order valence-electron chi connectivity index (χ1n) is 10.7. The van der Waals surface area contributed by atoms with E-state index in [4.69, 9.17) is 19.7 Å². The summed E-state index contributed by atoms with van der Waals surface area (Å²) in [4.78, 5) is 0. The molecule has 1 aromatic carbocycles. The molecule has 0 amide bonds. The highest BCUT2D eigenvalue weighted by atomic mass is 19.2. The average Bonchev–Trinajstić information content (AvgIpc) is 2.78. The zero-order chi connectivity index (χ0) is 21.7. The summed E-state index contributed by atoms with van der Waals surface area (Å²) in [5.74, 6) is -6.64. The third-order valence-electron chi connectivity index (χ3n) is 6.52. The Kier molecular flexibility index (Phi) is 8.36. The Morgan fingerprint density at radius 2 is 1.13 bits per heavy atom. The molecule has 0 aromatic heterocycles. The van der Waals surface area contributed by atoms with Crippen molar-refractivity contribution in [3.63, 3.8) is 0 Å². The van der Waals surface area contributed by atoms with Gasteiger partial charge in [0, 0.05) is 13.2 Å². The maximum atomic E-state index is 14.4. The van der Waals surface area contributed by atoms with Gasteiger partial charge < -0.3 is 19.7 Å². The lowest BCUT2D eigenvalue weighted by Crippen LogP contribution is -2.24. The minimum absolute atomic E-state index is 0.0229. The van der Waals surface area contributed by atoms with E-state index in [1.165, 1.54) is 0 Å². The number of hydrogen-bond acceptors (Lipinski definition) is 4. The van der Waals surface area contributed by atoms with Crippen molar-refractivity contribution < 1.29 is 37.2 Å². The molecule has 0 saturated heterocycles. The summed E-state index contributed by atoms with van der Waals surface area (Å²) in [5, 5.41) is 18.3. The molecule has 2 N–H and O–H groups in total. The first kappa shape index (κ1) is 23.3. The van der Waals surface area contributed by atoms with E-state index in [-0.39, 0.29) is 43.7 Å². The SMILES string of the molecule is OCC1CCC(COc2c(F)c(F)c(COC3CCC(CO)CC3)c(F)c2F)CC1. The number of benzene rings is 1. The normalized spacial score (nSPS) is 27.3. The number of aliphatic hydroxyl groups excluding tert-OH is 2. The summed E-state index contributed by atoms with van der Waals surface area (Å²) in [5.41, 5.74) is -0.773. The van der Waals surface area contributed by atoms with Gasteiger partial charge in [-0.1, -0.05) is 0 Å². The highest BCUT2D eigenvalue weighted by molar-refractivity contribution is 5.34. The standard InChI is InChI=1S/C22H30F4O4/c23-18-17(12-29-16-7-5-14(10-28)6-8-16)19(24)21(26)22(20(18)25)30-11-15-3-1-13(9-27)2-4-15/h13-16,27-28H,1-12H2. The summed E-state index contributed by atoms with van der Waals surface area (Å²) in [6.45, 7) is -0.392. The summed E-state index contributed by atoms with van der Waals surface area (Å²) in [7, 11) is 0. The second-order valence-electron chi connectivity index (χ2n) is 8.58. The lowest BCUT2D eigenvalue weighted by atomic mass is 9.83. The molecule has 2 saturated carbocycles. The van der Waals surface area contributed by atoms with E-state index in [1.807, 2.05) is 0 Å². The van der Waals surface area contributed by atoms with Gasteiger partial charge in [-0.3, -0.25) is 0 Å². The Morgan fingerprint density at radius 3 is 1.63 bits per heavy atom. The highest BCUT2D eigenvalue weighted by Gasteiger charge is 2.29. The van der Waals surface area contributed by atoms with Crippen LogP contribution in [0.4, 0.5) is 17.6 Å². The van der Waals surface area contributed by atoms with Gasteiger partial charge in [0.25, 0.3) is 0 Å². The van der Waals surface area contributed by atoms with Crippen LogP contribution in [0.2, 0.25) is 0 Å². The molecule has 2 aliphatic carbocycles. The monoisotopic (exact) mass is 434 g/mol. The molecule has 0 bridgehead atoms. The number of rotatable bonds is 8. The topological polar surface area (TPSA) is 58.9 Å². The molecule has 2 aliphatic rings. The Bertz CT molecular complexity index is 611.